The fourth-order valence-corrected chi connectivity index (χ4v) is 3.17. The lowest BCUT2D eigenvalue weighted by molar-refractivity contribution is 0.252. The largest absolute Gasteiger partial charge is 0.338 e. The molecule has 0 atom stereocenters. The van der Waals surface area contributed by atoms with E-state index in [1.54, 1.807) is 31.2 Å². The van der Waals surface area contributed by atoms with E-state index >= 15 is 0 Å². The first-order valence-corrected chi connectivity index (χ1v) is 9.18. The van der Waals surface area contributed by atoms with Gasteiger partial charge >= 0.3 is 6.03 Å². The summed E-state index contributed by atoms with van der Waals surface area (Å²) in [6.07, 6.45) is 0.615. The first-order chi connectivity index (χ1) is 11.5. The Labute approximate surface area is 142 Å². The molecule has 0 aromatic heterocycles. The van der Waals surface area contributed by atoms with Gasteiger partial charge in [0.25, 0.3) is 0 Å². The van der Waals surface area contributed by atoms with Crippen molar-refractivity contribution in [1.82, 2.24) is 10.0 Å². The zero-order valence-electron chi connectivity index (χ0n) is 13.5. The second-order valence-electron chi connectivity index (χ2n) is 5.14. The number of anilines is 1. The molecule has 0 aliphatic rings. The van der Waals surface area contributed by atoms with Crippen LogP contribution in [-0.4, -0.2) is 27.5 Å². The zero-order chi connectivity index (χ0) is 17.4. The molecule has 6 nitrogen and oxygen atoms in total. The van der Waals surface area contributed by atoms with Gasteiger partial charge in [0.05, 0.1) is 4.90 Å². The summed E-state index contributed by atoms with van der Waals surface area (Å²) in [6, 6.07) is 15.6. The SMILES string of the molecule is CCNS(=O)(=O)c1ccc(CCNC(=O)Nc2ccccc2)cc1. The Balaban J connectivity index is 1.81. The van der Waals surface area contributed by atoms with Gasteiger partial charge in [0.15, 0.2) is 0 Å². The number of para-hydroxylation sites is 1. The van der Waals surface area contributed by atoms with Gasteiger partial charge in [-0.25, -0.2) is 17.9 Å². The topological polar surface area (TPSA) is 87.3 Å². The molecule has 2 rings (SSSR count). The molecule has 24 heavy (non-hydrogen) atoms. The highest BCUT2D eigenvalue weighted by Crippen LogP contribution is 2.10. The number of sulfonamides is 1. The summed E-state index contributed by atoms with van der Waals surface area (Å²) >= 11 is 0. The first-order valence-electron chi connectivity index (χ1n) is 7.70. The molecular weight excluding hydrogens is 326 g/mol. The van der Waals surface area contributed by atoms with Crippen LogP contribution in [0.2, 0.25) is 0 Å². The third-order valence-electron chi connectivity index (χ3n) is 3.30. The second-order valence-corrected chi connectivity index (χ2v) is 6.91. The van der Waals surface area contributed by atoms with E-state index < -0.39 is 10.0 Å². The third kappa shape index (κ3) is 5.36. The summed E-state index contributed by atoms with van der Waals surface area (Å²) in [5.41, 5.74) is 1.68. The molecule has 2 amide bonds. The molecule has 0 saturated carbocycles. The highest BCUT2D eigenvalue weighted by molar-refractivity contribution is 7.89. The fraction of sp³-hybridized carbons (Fsp3) is 0.235. The molecule has 0 bridgehead atoms. The Morgan fingerprint density at radius 1 is 1.00 bits per heavy atom. The standard InChI is InChI=1S/C17H21N3O3S/c1-2-19-24(22,23)16-10-8-14(9-11-16)12-13-18-17(21)20-15-6-4-3-5-7-15/h3-11,19H,2,12-13H2,1H3,(H2,18,20,21). The first kappa shape index (κ1) is 18.0. The molecule has 3 N–H and O–H groups in total. The van der Waals surface area contributed by atoms with Crippen LogP contribution in [0, 0.1) is 0 Å². The van der Waals surface area contributed by atoms with Crippen LogP contribution in [0.5, 0.6) is 0 Å². The van der Waals surface area contributed by atoms with Crippen molar-refractivity contribution in [2.75, 3.05) is 18.4 Å². The Bertz CT molecular complexity index is 759. The Hall–Kier alpha value is -2.38. The van der Waals surface area contributed by atoms with Crippen molar-refractivity contribution < 1.29 is 13.2 Å². The van der Waals surface area contributed by atoms with Crippen molar-refractivity contribution >= 4 is 21.7 Å². The second kappa shape index (κ2) is 8.47. The van der Waals surface area contributed by atoms with E-state index in [0.29, 0.717) is 19.5 Å². The molecule has 7 heteroatoms. The molecular formula is C17H21N3O3S. The number of carbonyl (C=O) groups is 1. The Kier molecular flexibility index (Phi) is 6.34. The van der Waals surface area contributed by atoms with Gasteiger partial charge in [0.2, 0.25) is 10.0 Å². The summed E-state index contributed by atoms with van der Waals surface area (Å²) in [7, 11) is -3.43. The van der Waals surface area contributed by atoms with Crippen LogP contribution in [0.25, 0.3) is 0 Å². The third-order valence-corrected chi connectivity index (χ3v) is 4.86. The number of urea groups is 1. The lowest BCUT2D eigenvalue weighted by atomic mass is 10.1. The van der Waals surface area contributed by atoms with Crippen LogP contribution in [0.4, 0.5) is 10.5 Å². The van der Waals surface area contributed by atoms with Crippen molar-refractivity contribution in [3.05, 3.63) is 60.2 Å². The van der Waals surface area contributed by atoms with Gasteiger partial charge in [-0.3, -0.25) is 0 Å². The van der Waals surface area contributed by atoms with Crippen molar-refractivity contribution in [2.24, 2.45) is 0 Å². The molecule has 0 spiro atoms. The van der Waals surface area contributed by atoms with Crippen LogP contribution < -0.4 is 15.4 Å². The smallest absolute Gasteiger partial charge is 0.319 e. The number of carbonyl (C=O) groups excluding carboxylic acids is 1. The number of hydrogen-bond acceptors (Lipinski definition) is 3. The van der Waals surface area contributed by atoms with Crippen LogP contribution >= 0.6 is 0 Å². The van der Waals surface area contributed by atoms with E-state index in [4.69, 9.17) is 0 Å². The van der Waals surface area contributed by atoms with Crippen molar-refractivity contribution in [3.63, 3.8) is 0 Å². The average Bonchev–Trinajstić information content (AvgIpc) is 2.56. The fourth-order valence-electron chi connectivity index (χ4n) is 2.13. The average molecular weight is 347 g/mol. The van der Waals surface area contributed by atoms with Crippen LogP contribution in [0.3, 0.4) is 0 Å². The zero-order valence-corrected chi connectivity index (χ0v) is 14.3. The normalized spacial score (nSPS) is 11.0. The molecule has 0 unspecified atom stereocenters. The van der Waals surface area contributed by atoms with E-state index in [-0.39, 0.29) is 10.9 Å². The van der Waals surface area contributed by atoms with Crippen LogP contribution in [0.15, 0.2) is 59.5 Å². The summed E-state index contributed by atoms with van der Waals surface area (Å²) < 4.78 is 26.1. The monoisotopic (exact) mass is 347 g/mol. The highest BCUT2D eigenvalue weighted by atomic mass is 32.2. The van der Waals surface area contributed by atoms with E-state index in [1.807, 2.05) is 30.3 Å². The van der Waals surface area contributed by atoms with Crippen LogP contribution in [-0.2, 0) is 16.4 Å². The van der Waals surface area contributed by atoms with E-state index in [9.17, 15) is 13.2 Å². The number of rotatable bonds is 7. The molecule has 0 fully saturated rings. The Morgan fingerprint density at radius 2 is 1.67 bits per heavy atom. The summed E-state index contributed by atoms with van der Waals surface area (Å²) in [5, 5.41) is 5.50. The van der Waals surface area contributed by atoms with Gasteiger partial charge in [0, 0.05) is 18.8 Å². The van der Waals surface area contributed by atoms with E-state index in [1.165, 1.54) is 0 Å². The summed E-state index contributed by atoms with van der Waals surface area (Å²) in [5.74, 6) is 0. The van der Waals surface area contributed by atoms with Gasteiger partial charge in [0.1, 0.15) is 0 Å². The minimum Gasteiger partial charge on any atom is -0.338 e. The summed E-state index contributed by atoms with van der Waals surface area (Å²) in [6.45, 7) is 2.54. The quantitative estimate of drug-likeness (QED) is 0.718. The number of nitrogens with one attached hydrogen (secondary N) is 3. The van der Waals surface area contributed by atoms with E-state index in [0.717, 1.165) is 11.3 Å². The minimum atomic E-state index is -3.43. The molecule has 2 aromatic carbocycles. The van der Waals surface area contributed by atoms with Gasteiger partial charge in [-0.05, 0) is 36.2 Å². The maximum Gasteiger partial charge on any atom is 0.319 e. The van der Waals surface area contributed by atoms with E-state index in [2.05, 4.69) is 15.4 Å². The van der Waals surface area contributed by atoms with Gasteiger partial charge < -0.3 is 10.6 Å². The number of hydrogen-bond donors (Lipinski definition) is 3. The van der Waals surface area contributed by atoms with Gasteiger partial charge in [-0.1, -0.05) is 37.3 Å². The van der Waals surface area contributed by atoms with Crippen molar-refractivity contribution in [3.8, 4) is 0 Å². The predicted molar refractivity (Wildman–Crippen MR) is 94.5 cm³/mol. The lowest BCUT2D eigenvalue weighted by Crippen LogP contribution is -2.30. The maximum atomic E-state index is 11.8. The van der Waals surface area contributed by atoms with Crippen molar-refractivity contribution in [1.29, 1.82) is 0 Å². The number of amides is 2. The maximum absolute atomic E-state index is 11.8. The Morgan fingerprint density at radius 3 is 2.29 bits per heavy atom. The lowest BCUT2D eigenvalue weighted by Gasteiger charge is -2.08. The molecule has 0 aliphatic heterocycles. The number of benzene rings is 2. The highest BCUT2D eigenvalue weighted by Gasteiger charge is 2.11. The molecule has 0 radical (unpaired) electrons. The minimum absolute atomic E-state index is 0.239. The predicted octanol–water partition coefficient (Wildman–Crippen LogP) is 2.35. The molecule has 0 aliphatic carbocycles. The summed E-state index contributed by atoms with van der Waals surface area (Å²) in [4.78, 5) is 12.0. The molecule has 0 heterocycles. The molecule has 0 saturated heterocycles. The van der Waals surface area contributed by atoms with Gasteiger partial charge in [-0.2, -0.15) is 0 Å². The molecule has 128 valence electrons. The van der Waals surface area contributed by atoms with Gasteiger partial charge in [-0.15, -0.1) is 0 Å². The molecule has 2 aromatic rings. The van der Waals surface area contributed by atoms with Crippen molar-refractivity contribution in [2.45, 2.75) is 18.2 Å². The van der Waals surface area contributed by atoms with Crippen LogP contribution in [0.1, 0.15) is 12.5 Å².